The van der Waals surface area contributed by atoms with Crippen molar-refractivity contribution in [2.24, 2.45) is 0 Å². The summed E-state index contributed by atoms with van der Waals surface area (Å²) in [7, 11) is -19.3. The van der Waals surface area contributed by atoms with Crippen molar-refractivity contribution in [1.82, 2.24) is 0 Å². The molecule has 0 bridgehead atoms. The summed E-state index contributed by atoms with van der Waals surface area (Å²) < 4.78 is 110. The fourth-order valence-electron chi connectivity index (χ4n) is 1.29. The van der Waals surface area contributed by atoms with Gasteiger partial charge in [-0.2, -0.15) is 25.3 Å². The van der Waals surface area contributed by atoms with Gasteiger partial charge in [0.15, 0.2) is 9.84 Å². The molecule has 1 rings (SSSR count). The van der Waals surface area contributed by atoms with Crippen LogP contribution in [0.2, 0.25) is 0 Å². The summed E-state index contributed by atoms with van der Waals surface area (Å²) in [5.74, 6) is -0.803. The van der Waals surface area contributed by atoms with E-state index < -0.39 is 50.8 Å². The average molecular weight is 425 g/mol. The van der Waals surface area contributed by atoms with Crippen LogP contribution in [0.15, 0.2) is 29.2 Å². The summed E-state index contributed by atoms with van der Waals surface area (Å²) in [5.41, 5.74) is -0.347. The van der Waals surface area contributed by atoms with Crippen molar-refractivity contribution in [1.29, 1.82) is 0 Å². The quantitative estimate of drug-likeness (QED) is 0.335. The van der Waals surface area contributed by atoms with Crippen LogP contribution in [0.25, 0.3) is 0 Å². The molecule has 1 aromatic carbocycles. The molecule has 16 heteroatoms. The summed E-state index contributed by atoms with van der Waals surface area (Å²) in [6, 6.07) is 3.62. The normalized spacial score (nSPS) is 13.6. The highest BCUT2D eigenvalue weighted by molar-refractivity contribution is 8.65. The number of nitrogens with one attached hydrogen (secondary N) is 1. The van der Waals surface area contributed by atoms with Crippen LogP contribution in [-0.2, 0) is 42.6 Å². The number of hydrogen-bond acceptors (Lipinski definition) is 9. The van der Waals surface area contributed by atoms with Crippen LogP contribution in [0, 0.1) is 0 Å². The third-order valence-electron chi connectivity index (χ3n) is 2.32. The van der Waals surface area contributed by atoms with Crippen LogP contribution in [0.4, 0.5) is 5.69 Å². The highest BCUT2D eigenvalue weighted by atomic mass is 33.2. The maximum absolute atomic E-state index is 11.8. The van der Waals surface area contributed by atoms with E-state index in [1.807, 2.05) is 0 Å². The summed E-state index contributed by atoms with van der Waals surface area (Å²) in [5, 5.41) is 0. The van der Waals surface area contributed by atoms with Gasteiger partial charge in [-0.1, -0.05) is 0 Å². The van der Waals surface area contributed by atoms with Gasteiger partial charge in [0, 0.05) is 5.69 Å². The molecule has 0 aromatic heterocycles. The first-order chi connectivity index (χ1) is 10.6. The Hall–Kier alpha value is -1.30. The van der Waals surface area contributed by atoms with Gasteiger partial charge in [-0.05, 0) is 24.3 Å². The number of benzene rings is 1. The molecule has 1 aromatic rings. The highest BCUT2D eigenvalue weighted by Gasteiger charge is 2.27. The lowest BCUT2D eigenvalue weighted by Crippen LogP contribution is -2.22. The maximum Gasteiger partial charge on any atom is 0.397 e. The Morgan fingerprint density at radius 2 is 1.38 bits per heavy atom. The van der Waals surface area contributed by atoms with Gasteiger partial charge in [-0.25, -0.2) is 12.6 Å². The molecule has 0 radical (unpaired) electrons. The van der Waals surface area contributed by atoms with E-state index in [-0.39, 0.29) is 10.6 Å². The zero-order valence-electron chi connectivity index (χ0n) is 11.4. The van der Waals surface area contributed by atoms with Gasteiger partial charge in [-0.3, -0.25) is 13.8 Å². The number of hydrogen-bond donors (Lipinski definition) is 3. The van der Waals surface area contributed by atoms with Crippen molar-refractivity contribution in [3.8, 4) is 0 Å². The molecule has 0 amide bonds. The fraction of sp³-hybridized carbons (Fsp3) is 0.250. The fourth-order valence-corrected chi connectivity index (χ4v) is 3.92. The third kappa shape index (κ3) is 5.96. The van der Waals surface area contributed by atoms with Crippen molar-refractivity contribution >= 4 is 44.1 Å². The van der Waals surface area contributed by atoms with E-state index in [2.05, 4.69) is 4.18 Å². The molecule has 0 spiro atoms. The molecule has 0 saturated heterocycles. The summed E-state index contributed by atoms with van der Waals surface area (Å²) in [4.78, 5) is -0.351. The lowest BCUT2D eigenvalue weighted by molar-refractivity contribution is 0.284. The molecule has 0 fully saturated rings. The molecular formula is C8H11NO11S4. The predicted octanol–water partition coefficient (Wildman–Crippen LogP) is -1.18. The highest BCUT2D eigenvalue weighted by Crippen LogP contribution is 2.17. The molecule has 0 unspecified atom stereocenters. The second-order valence-electron chi connectivity index (χ2n) is 4.08. The molecule has 138 valence electrons. The topological polar surface area (TPSA) is 198 Å². The van der Waals surface area contributed by atoms with Crippen molar-refractivity contribution in [3.05, 3.63) is 24.3 Å². The van der Waals surface area contributed by atoms with Crippen molar-refractivity contribution < 1.29 is 47.0 Å². The van der Waals surface area contributed by atoms with E-state index in [0.717, 1.165) is 24.3 Å². The summed E-state index contributed by atoms with van der Waals surface area (Å²) in [6.07, 6.45) is 0. The molecule has 0 saturated carbocycles. The van der Waals surface area contributed by atoms with Crippen LogP contribution < -0.4 is 4.72 Å². The third-order valence-corrected chi connectivity index (χ3v) is 7.43. The van der Waals surface area contributed by atoms with E-state index in [1.165, 1.54) is 4.72 Å². The van der Waals surface area contributed by atoms with Crippen LogP contribution in [0.5, 0.6) is 0 Å². The van der Waals surface area contributed by atoms with Crippen molar-refractivity contribution in [3.63, 3.8) is 0 Å². The van der Waals surface area contributed by atoms with Gasteiger partial charge in [0.1, 0.15) is 0 Å². The smallest absolute Gasteiger partial charge is 0.272 e. The number of sulfone groups is 1. The van der Waals surface area contributed by atoms with Gasteiger partial charge in [0.25, 0.3) is 0 Å². The largest absolute Gasteiger partial charge is 0.397 e. The molecule has 0 heterocycles. The van der Waals surface area contributed by atoms with Crippen LogP contribution in [0.1, 0.15) is 0 Å². The Kier molecular flexibility index (Phi) is 5.97. The minimum Gasteiger partial charge on any atom is -0.272 e. The van der Waals surface area contributed by atoms with E-state index in [4.69, 9.17) is 9.11 Å². The Balaban J connectivity index is 2.91. The SMILES string of the molecule is O=S(=O)(O)OCCS(=O)(=O)c1ccc(NS(=O)(=O)S(=O)(=O)O)cc1. The lowest BCUT2D eigenvalue weighted by atomic mass is 10.3. The molecule has 0 atom stereocenters. The molecule has 24 heavy (non-hydrogen) atoms. The average Bonchev–Trinajstić information content (AvgIpc) is 2.35. The predicted molar refractivity (Wildman–Crippen MR) is 80.1 cm³/mol. The van der Waals surface area contributed by atoms with Crippen LogP contribution in [-0.4, -0.2) is 55.1 Å². The van der Waals surface area contributed by atoms with E-state index in [1.54, 1.807) is 0 Å². The lowest BCUT2D eigenvalue weighted by Gasteiger charge is -2.07. The van der Waals surface area contributed by atoms with E-state index in [0.29, 0.717) is 0 Å². The number of rotatable bonds is 8. The van der Waals surface area contributed by atoms with Gasteiger partial charge in [-0.15, -0.1) is 0 Å². The molecule has 0 aliphatic heterocycles. The second-order valence-corrected chi connectivity index (χ2v) is 11.8. The van der Waals surface area contributed by atoms with Gasteiger partial charge < -0.3 is 0 Å². The Bertz CT molecular complexity index is 1000. The van der Waals surface area contributed by atoms with Gasteiger partial charge in [0.2, 0.25) is 0 Å². The summed E-state index contributed by atoms with van der Waals surface area (Å²) in [6.45, 7) is -0.849. The van der Waals surface area contributed by atoms with Crippen LogP contribution >= 0.6 is 0 Å². The molecule has 3 N–H and O–H groups in total. The Morgan fingerprint density at radius 1 is 0.875 bits per heavy atom. The number of anilines is 1. The zero-order chi connectivity index (χ0) is 18.8. The van der Waals surface area contributed by atoms with E-state index >= 15 is 0 Å². The Morgan fingerprint density at radius 3 is 1.79 bits per heavy atom. The van der Waals surface area contributed by atoms with Gasteiger partial charge in [0.05, 0.1) is 17.3 Å². The van der Waals surface area contributed by atoms with Crippen molar-refractivity contribution in [2.45, 2.75) is 4.90 Å². The standard InChI is InChI=1S/C8H11NO11S4/c10-21(11,6-5-20-23(14,15)16)8-3-1-7(2-4-8)9-22(12,13)24(17,18)19/h1-4,9H,5-6H2,(H,14,15,16)(H,17,18,19). The molecule has 12 nitrogen and oxygen atoms in total. The zero-order valence-corrected chi connectivity index (χ0v) is 14.7. The first-order valence-corrected chi connectivity index (χ1v) is 12.0. The maximum atomic E-state index is 11.8. The second kappa shape index (κ2) is 6.90. The minimum atomic E-state index is -5.42. The Labute approximate surface area is 137 Å². The van der Waals surface area contributed by atoms with Gasteiger partial charge >= 0.3 is 28.6 Å². The van der Waals surface area contributed by atoms with Crippen molar-refractivity contribution in [2.75, 3.05) is 17.1 Å². The molecule has 0 aliphatic carbocycles. The van der Waals surface area contributed by atoms with E-state index in [9.17, 15) is 33.7 Å². The summed E-state index contributed by atoms with van der Waals surface area (Å²) >= 11 is 0. The first kappa shape index (κ1) is 20.7. The molecule has 0 aliphatic rings. The minimum absolute atomic E-state index is 0.347. The monoisotopic (exact) mass is 425 g/mol. The first-order valence-electron chi connectivity index (χ1n) is 5.59. The van der Waals surface area contributed by atoms with Crippen LogP contribution in [0.3, 0.4) is 0 Å². The molecular weight excluding hydrogens is 414 g/mol.